The zero-order valence-electron chi connectivity index (χ0n) is 18.3. The number of halogens is 2. The number of hydrogen-bond acceptors (Lipinski definition) is 8. The lowest BCUT2D eigenvalue weighted by Gasteiger charge is -2.29. The minimum atomic E-state index is -1.21. The van der Waals surface area contributed by atoms with Crippen LogP contribution >= 0.6 is 11.6 Å². The number of aliphatic hydroxyl groups excluding tert-OH is 1. The van der Waals surface area contributed by atoms with Crippen LogP contribution in [-0.4, -0.2) is 58.9 Å². The van der Waals surface area contributed by atoms with Gasteiger partial charge in [0.05, 0.1) is 37.7 Å². The highest BCUT2D eigenvalue weighted by molar-refractivity contribution is 6.31. The fraction of sp³-hybridized carbons (Fsp3) is 0.250. The van der Waals surface area contributed by atoms with E-state index in [9.17, 15) is 5.11 Å². The number of hydrogen-bond donors (Lipinski definition) is 1. The summed E-state index contributed by atoms with van der Waals surface area (Å²) < 4.78 is 25.5. The molecule has 174 valence electrons. The number of morpholine rings is 1. The van der Waals surface area contributed by atoms with Crippen molar-refractivity contribution >= 4 is 28.2 Å². The number of fused-ring (bicyclic) bond motifs is 1. The van der Waals surface area contributed by atoms with Crippen LogP contribution in [0.4, 0.5) is 10.1 Å². The zero-order chi connectivity index (χ0) is 23.7. The van der Waals surface area contributed by atoms with Gasteiger partial charge in [0.1, 0.15) is 11.9 Å². The van der Waals surface area contributed by atoms with Gasteiger partial charge in [-0.2, -0.15) is 10.2 Å². The lowest BCUT2D eigenvalue weighted by molar-refractivity contribution is 0.122. The van der Waals surface area contributed by atoms with Crippen molar-refractivity contribution < 1.29 is 19.0 Å². The highest BCUT2D eigenvalue weighted by atomic mass is 35.5. The van der Waals surface area contributed by atoms with Crippen LogP contribution in [0.1, 0.15) is 17.4 Å². The van der Waals surface area contributed by atoms with Gasteiger partial charge in [0.15, 0.2) is 0 Å². The molecule has 0 bridgehead atoms. The maximum absolute atomic E-state index is 15.1. The molecule has 1 aliphatic rings. The van der Waals surface area contributed by atoms with Gasteiger partial charge in [-0.3, -0.25) is 0 Å². The van der Waals surface area contributed by atoms with Crippen LogP contribution in [0.15, 0.2) is 48.7 Å². The Morgan fingerprint density at radius 3 is 2.62 bits per heavy atom. The highest BCUT2D eigenvalue weighted by Gasteiger charge is 2.21. The average molecular weight is 482 g/mol. The summed E-state index contributed by atoms with van der Waals surface area (Å²) in [5, 5.41) is 27.9. The standard InChI is InChI=1S/C24H21ClFN5O3/c1-33-23-5-4-21(29-30-23)24(32)17-11-16(20(26)12-19(17)25)18-13-27-28-22-10-14(2-3-15(18)22)31-6-8-34-9-7-31/h2-5,10-13,24,32H,6-9H2,1H3/t24-/m0/s1. The quantitative estimate of drug-likeness (QED) is 0.460. The third-order valence-electron chi connectivity index (χ3n) is 5.82. The number of ether oxygens (including phenoxy) is 2. The Hall–Kier alpha value is -3.40. The van der Waals surface area contributed by atoms with E-state index in [1.165, 1.54) is 25.4 Å². The number of anilines is 1. The fourth-order valence-electron chi connectivity index (χ4n) is 4.01. The van der Waals surface area contributed by atoms with Crippen LogP contribution in [0.3, 0.4) is 0 Å². The minimum Gasteiger partial charge on any atom is -0.480 e. The summed E-state index contributed by atoms with van der Waals surface area (Å²) >= 11 is 6.30. The fourth-order valence-corrected chi connectivity index (χ4v) is 4.26. The summed E-state index contributed by atoms with van der Waals surface area (Å²) in [6.07, 6.45) is 0.297. The van der Waals surface area contributed by atoms with Crippen molar-refractivity contribution in [3.63, 3.8) is 0 Å². The van der Waals surface area contributed by atoms with Gasteiger partial charge >= 0.3 is 0 Å². The number of rotatable bonds is 5. The third kappa shape index (κ3) is 4.25. The number of nitrogens with zero attached hydrogens (tertiary/aromatic N) is 5. The summed E-state index contributed by atoms with van der Waals surface area (Å²) in [7, 11) is 1.47. The molecule has 0 amide bonds. The molecule has 1 atom stereocenters. The minimum absolute atomic E-state index is 0.0762. The topological polar surface area (TPSA) is 93.5 Å². The number of benzene rings is 2. The Balaban J connectivity index is 1.55. The van der Waals surface area contributed by atoms with Gasteiger partial charge in [0, 0.05) is 51.9 Å². The largest absolute Gasteiger partial charge is 0.480 e. The third-order valence-corrected chi connectivity index (χ3v) is 6.15. The molecule has 1 N–H and O–H groups in total. The van der Waals surface area contributed by atoms with Crippen LogP contribution in [-0.2, 0) is 4.74 Å². The molecule has 0 saturated carbocycles. The Morgan fingerprint density at radius 1 is 1.06 bits per heavy atom. The van der Waals surface area contributed by atoms with Gasteiger partial charge < -0.3 is 19.5 Å². The molecule has 1 aliphatic heterocycles. The van der Waals surface area contributed by atoms with Gasteiger partial charge in [-0.1, -0.05) is 11.6 Å². The monoisotopic (exact) mass is 481 g/mol. The molecule has 0 aliphatic carbocycles. The van der Waals surface area contributed by atoms with Crippen molar-refractivity contribution in [1.29, 1.82) is 0 Å². The van der Waals surface area contributed by atoms with E-state index in [0.717, 1.165) is 24.2 Å². The molecule has 8 nitrogen and oxygen atoms in total. The van der Waals surface area contributed by atoms with Gasteiger partial charge in [-0.05, 0) is 36.4 Å². The van der Waals surface area contributed by atoms with Gasteiger partial charge in [-0.15, -0.1) is 10.2 Å². The molecule has 4 aromatic rings. The second-order valence-electron chi connectivity index (χ2n) is 7.82. The number of aliphatic hydroxyl groups is 1. The summed E-state index contributed by atoms with van der Waals surface area (Å²) in [5.74, 6) is -0.221. The van der Waals surface area contributed by atoms with Crippen molar-refractivity contribution in [3.05, 3.63) is 70.8 Å². The predicted octanol–water partition coefficient (Wildman–Crippen LogP) is 3.81. The van der Waals surface area contributed by atoms with Gasteiger partial charge in [0.25, 0.3) is 0 Å². The lowest BCUT2D eigenvalue weighted by Crippen LogP contribution is -2.36. The Morgan fingerprint density at radius 2 is 1.88 bits per heavy atom. The summed E-state index contributed by atoms with van der Waals surface area (Å²) in [5.41, 5.74) is 2.99. The Bertz CT molecular complexity index is 1330. The van der Waals surface area contributed by atoms with E-state index in [-0.39, 0.29) is 16.3 Å². The number of aromatic nitrogens is 4. The van der Waals surface area contributed by atoms with E-state index in [1.54, 1.807) is 12.1 Å². The first-order valence-electron chi connectivity index (χ1n) is 10.7. The van der Waals surface area contributed by atoms with Crippen molar-refractivity contribution in [2.45, 2.75) is 6.10 Å². The summed E-state index contributed by atoms with van der Waals surface area (Å²) in [6.45, 7) is 2.92. The van der Waals surface area contributed by atoms with E-state index < -0.39 is 11.9 Å². The zero-order valence-corrected chi connectivity index (χ0v) is 19.0. The first-order chi connectivity index (χ1) is 16.5. The SMILES string of the molecule is COc1ccc([C@@H](O)c2cc(-c3cnnc4cc(N5CCOCC5)ccc34)c(F)cc2Cl)nn1. The summed E-state index contributed by atoms with van der Waals surface area (Å²) in [4.78, 5) is 2.21. The Kier molecular flexibility index (Phi) is 6.23. The molecule has 10 heteroatoms. The summed E-state index contributed by atoms with van der Waals surface area (Å²) in [6, 6.07) is 11.7. The second kappa shape index (κ2) is 9.46. The maximum atomic E-state index is 15.1. The maximum Gasteiger partial charge on any atom is 0.233 e. The van der Waals surface area contributed by atoms with Crippen LogP contribution in [0.25, 0.3) is 22.0 Å². The normalized spacial score (nSPS) is 14.9. The van der Waals surface area contributed by atoms with E-state index in [2.05, 4.69) is 25.3 Å². The van der Waals surface area contributed by atoms with E-state index >= 15 is 4.39 Å². The molecule has 1 saturated heterocycles. The molecule has 2 aromatic heterocycles. The van der Waals surface area contributed by atoms with E-state index in [0.29, 0.717) is 35.7 Å². The molecule has 0 unspecified atom stereocenters. The molecular weight excluding hydrogens is 461 g/mol. The first-order valence-corrected chi connectivity index (χ1v) is 11.1. The first kappa shape index (κ1) is 22.4. The van der Waals surface area contributed by atoms with Crippen LogP contribution in [0.5, 0.6) is 5.88 Å². The van der Waals surface area contributed by atoms with Crippen molar-refractivity contribution in [2.24, 2.45) is 0 Å². The van der Waals surface area contributed by atoms with Gasteiger partial charge in [0.2, 0.25) is 5.88 Å². The van der Waals surface area contributed by atoms with E-state index in [4.69, 9.17) is 21.1 Å². The lowest BCUT2D eigenvalue weighted by atomic mass is 9.97. The molecule has 1 fully saturated rings. The molecule has 0 spiro atoms. The highest BCUT2D eigenvalue weighted by Crippen LogP contribution is 2.36. The molecule has 34 heavy (non-hydrogen) atoms. The predicted molar refractivity (Wildman–Crippen MR) is 126 cm³/mol. The smallest absolute Gasteiger partial charge is 0.233 e. The molecular formula is C24H21ClFN5O3. The number of methoxy groups -OCH3 is 1. The molecule has 2 aromatic carbocycles. The second-order valence-corrected chi connectivity index (χ2v) is 8.22. The van der Waals surface area contributed by atoms with Crippen molar-refractivity contribution in [2.75, 3.05) is 38.3 Å². The van der Waals surface area contributed by atoms with Gasteiger partial charge in [-0.25, -0.2) is 4.39 Å². The average Bonchev–Trinajstić information content (AvgIpc) is 2.88. The van der Waals surface area contributed by atoms with Crippen molar-refractivity contribution in [3.8, 4) is 17.0 Å². The van der Waals surface area contributed by atoms with Crippen molar-refractivity contribution in [1.82, 2.24) is 20.4 Å². The van der Waals surface area contributed by atoms with E-state index in [1.807, 2.05) is 18.2 Å². The molecule has 0 radical (unpaired) electrons. The van der Waals surface area contributed by atoms with Crippen LogP contribution < -0.4 is 9.64 Å². The Labute approximate surface area is 199 Å². The molecule has 5 rings (SSSR count). The van der Waals surface area contributed by atoms with Crippen LogP contribution in [0, 0.1) is 5.82 Å². The van der Waals surface area contributed by atoms with Crippen LogP contribution in [0.2, 0.25) is 5.02 Å². The molecule has 3 heterocycles.